The lowest BCUT2D eigenvalue weighted by atomic mass is 9.95. The van der Waals surface area contributed by atoms with Crippen LogP contribution in [0.1, 0.15) is 103 Å². The molecule has 5 aromatic rings. The Bertz CT molecular complexity index is 2590. The van der Waals surface area contributed by atoms with E-state index in [9.17, 15) is 43.8 Å². The van der Waals surface area contributed by atoms with Gasteiger partial charge in [-0.3, -0.25) is 28.8 Å². The van der Waals surface area contributed by atoms with Crippen molar-refractivity contribution in [2.45, 2.75) is 71.6 Å². The van der Waals surface area contributed by atoms with Crippen LogP contribution >= 0.6 is 0 Å². The molecule has 0 fully saturated rings. The number of ether oxygens (including phenoxy) is 2. The van der Waals surface area contributed by atoms with E-state index in [1.807, 2.05) is 0 Å². The lowest BCUT2D eigenvalue weighted by Gasteiger charge is -2.18. The molecule has 0 saturated heterocycles. The van der Waals surface area contributed by atoms with Crippen molar-refractivity contribution in [3.05, 3.63) is 142 Å². The first-order valence-corrected chi connectivity index (χ1v) is 20.1. The molecular weight excluding hydrogens is 825 g/mol. The molecule has 3 amide bonds. The molecule has 16 heteroatoms. The first-order chi connectivity index (χ1) is 30.3. The summed E-state index contributed by atoms with van der Waals surface area (Å²) in [6, 6.07) is 22.0. The van der Waals surface area contributed by atoms with Crippen LogP contribution in [-0.2, 0) is 28.9 Å². The van der Waals surface area contributed by atoms with Gasteiger partial charge in [0, 0.05) is 41.6 Å². The van der Waals surface area contributed by atoms with Crippen molar-refractivity contribution in [3.63, 3.8) is 0 Å². The highest BCUT2D eigenvalue weighted by Gasteiger charge is 2.26. The molecule has 332 valence electrons. The Kier molecular flexibility index (Phi) is 15.2. The Morgan fingerprint density at radius 2 is 1.12 bits per heavy atom. The number of nitrogen functional groups attached to an aromatic ring is 1. The number of ketones is 3. The SMILES string of the molecule is CC(C)Oc1c(N)ccc(C(=O)Nc2ccc(C(=O)N[C@@H](CC(N)=O)C(=O)Cc3ccc(C(=O)Cc4ccc(C(=O)Cc5ccc(C(=O)O)cc5)c(O)c4OC(C)C)cc3)cc2)c1O. The molecule has 16 nitrogen and oxygen atoms in total. The van der Waals surface area contributed by atoms with Gasteiger partial charge in [0.15, 0.2) is 40.3 Å². The summed E-state index contributed by atoms with van der Waals surface area (Å²) >= 11 is 0. The van der Waals surface area contributed by atoms with Crippen LogP contribution < -0.4 is 31.6 Å². The van der Waals surface area contributed by atoms with Gasteiger partial charge in [0.1, 0.15) is 0 Å². The lowest BCUT2D eigenvalue weighted by Crippen LogP contribution is -2.44. The zero-order valence-corrected chi connectivity index (χ0v) is 35.5. The van der Waals surface area contributed by atoms with E-state index in [1.54, 1.807) is 39.8 Å². The van der Waals surface area contributed by atoms with Crippen LogP contribution in [0.4, 0.5) is 11.4 Å². The van der Waals surface area contributed by atoms with Crippen molar-refractivity contribution in [1.29, 1.82) is 0 Å². The summed E-state index contributed by atoms with van der Waals surface area (Å²) in [5.41, 5.74) is 13.4. The Labute approximate surface area is 368 Å². The minimum atomic E-state index is -1.29. The highest BCUT2D eigenvalue weighted by molar-refractivity contribution is 6.08. The smallest absolute Gasteiger partial charge is 0.335 e. The van der Waals surface area contributed by atoms with Crippen molar-refractivity contribution in [2.75, 3.05) is 11.1 Å². The summed E-state index contributed by atoms with van der Waals surface area (Å²) in [6.07, 6.45) is -1.78. The number of nitrogens with two attached hydrogens (primary N) is 2. The normalized spacial score (nSPS) is 11.4. The van der Waals surface area contributed by atoms with Crippen molar-refractivity contribution in [3.8, 4) is 23.0 Å². The summed E-state index contributed by atoms with van der Waals surface area (Å²) in [5.74, 6) is -5.53. The van der Waals surface area contributed by atoms with E-state index in [1.165, 1.54) is 84.9 Å². The average Bonchev–Trinajstić information content (AvgIpc) is 3.23. The lowest BCUT2D eigenvalue weighted by molar-refractivity contribution is -0.125. The van der Waals surface area contributed by atoms with Crippen LogP contribution in [0.15, 0.2) is 97.1 Å². The van der Waals surface area contributed by atoms with Gasteiger partial charge < -0.3 is 46.9 Å². The Morgan fingerprint density at radius 3 is 1.70 bits per heavy atom. The average molecular weight is 873 g/mol. The number of hydrogen-bond acceptors (Lipinski definition) is 12. The fraction of sp³-hybridized carbons (Fsp3) is 0.229. The molecule has 0 aliphatic heterocycles. The van der Waals surface area contributed by atoms with Gasteiger partial charge in [0.2, 0.25) is 5.91 Å². The standard InChI is InChI=1S/C48H48N4O12/c1-25(2)63-44-32(15-18-34(42(44)57)39(54)21-27-7-11-31(12-8-27)48(61)62)23-38(53)29-9-5-28(6-10-29)22-40(55)37(24-41(50)56)52-46(59)30-13-16-33(17-14-30)51-47(60)35-19-20-36(49)45(43(35)58)64-26(3)4/h5-20,25-26,37,57-58H,21-24,49H2,1-4H3,(H2,50,56)(H,51,60)(H,52,59)(H,61,62)/t37-/m0/s1. The van der Waals surface area contributed by atoms with Crippen molar-refractivity contribution in [2.24, 2.45) is 5.73 Å². The fourth-order valence-electron chi connectivity index (χ4n) is 6.52. The number of carbonyl (C=O) groups is 7. The van der Waals surface area contributed by atoms with Gasteiger partial charge in [-0.2, -0.15) is 0 Å². The van der Waals surface area contributed by atoms with Crippen LogP contribution in [0.2, 0.25) is 0 Å². The number of anilines is 2. The zero-order chi connectivity index (χ0) is 46.8. The van der Waals surface area contributed by atoms with E-state index < -0.39 is 65.3 Å². The molecule has 1 atom stereocenters. The van der Waals surface area contributed by atoms with Crippen molar-refractivity contribution < 1.29 is 58.4 Å². The topological polar surface area (TPSA) is 275 Å². The first-order valence-electron chi connectivity index (χ1n) is 20.1. The second kappa shape index (κ2) is 20.7. The van der Waals surface area contributed by atoms with E-state index in [0.717, 1.165) is 0 Å². The third-order valence-electron chi connectivity index (χ3n) is 9.70. The molecule has 0 unspecified atom stereocenters. The van der Waals surface area contributed by atoms with Crippen LogP contribution in [0, 0.1) is 0 Å². The second-order valence-electron chi connectivity index (χ2n) is 15.4. The number of phenols is 2. The number of aromatic hydroxyl groups is 2. The van der Waals surface area contributed by atoms with E-state index in [2.05, 4.69) is 10.6 Å². The van der Waals surface area contributed by atoms with Crippen molar-refractivity contribution in [1.82, 2.24) is 5.32 Å². The van der Waals surface area contributed by atoms with Gasteiger partial charge in [-0.1, -0.05) is 42.5 Å². The van der Waals surface area contributed by atoms with Gasteiger partial charge in [-0.15, -0.1) is 0 Å². The molecular formula is C48H48N4O12. The monoisotopic (exact) mass is 872 g/mol. The highest BCUT2D eigenvalue weighted by atomic mass is 16.5. The second-order valence-corrected chi connectivity index (χ2v) is 15.4. The van der Waals surface area contributed by atoms with E-state index >= 15 is 0 Å². The third kappa shape index (κ3) is 12.1. The van der Waals surface area contributed by atoms with Crippen LogP contribution in [0.5, 0.6) is 23.0 Å². The number of rotatable bonds is 20. The molecule has 9 N–H and O–H groups in total. The molecule has 0 saturated carbocycles. The predicted octanol–water partition coefficient (Wildman–Crippen LogP) is 5.84. The largest absolute Gasteiger partial charge is 0.504 e. The number of carboxylic acids is 1. The Morgan fingerprint density at radius 1 is 0.594 bits per heavy atom. The number of Topliss-reactive ketones (excluding diaryl/α,β-unsaturated/α-hetero) is 3. The minimum absolute atomic E-state index is 0.0230. The number of nitrogens with one attached hydrogen (secondary N) is 2. The van der Waals surface area contributed by atoms with Crippen LogP contribution in [-0.4, -0.2) is 74.6 Å². The maximum Gasteiger partial charge on any atom is 0.335 e. The summed E-state index contributed by atoms with van der Waals surface area (Å²) in [7, 11) is 0. The molecule has 0 aliphatic rings. The molecule has 0 aromatic heterocycles. The van der Waals surface area contributed by atoms with Gasteiger partial charge in [-0.25, -0.2) is 4.79 Å². The quantitative estimate of drug-likeness (QED) is 0.0358. The number of amides is 3. The van der Waals surface area contributed by atoms with E-state index in [4.69, 9.17) is 26.0 Å². The summed E-state index contributed by atoms with van der Waals surface area (Å²) in [5, 5.41) is 36.1. The van der Waals surface area contributed by atoms with Gasteiger partial charge in [0.05, 0.1) is 47.0 Å². The molecule has 5 aromatic carbocycles. The number of phenolic OH excluding ortho intramolecular Hbond substituents is 2. The number of carbonyl (C=O) groups excluding carboxylic acids is 6. The number of hydrogen-bond donors (Lipinski definition) is 7. The maximum atomic E-state index is 13.5. The molecule has 0 radical (unpaired) electrons. The number of primary amides is 1. The summed E-state index contributed by atoms with van der Waals surface area (Å²) < 4.78 is 11.4. The number of carboxylic acid groups (broad SMARTS) is 1. The van der Waals surface area contributed by atoms with Gasteiger partial charge >= 0.3 is 5.97 Å². The van der Waals surface area contributed by atoms with Crippen LogP contribution in [0.25, 0.3) is 0 Å². The van der Waals surface area contributed by atoms with Gasteiger partial charge in [0.25, 0.3) is 11.8 Å². The fourth-order valence-corrected chi connectivity index (χ4v) is 6.52. The van der Waals surface area contributed by atoms with Crippen LogP contribution in [0.3, 0.4) is 0 Å². The van der Waals surface area contributed by atoms with Gasteiger partial charge in [-0.05, 0) is 93.4 Å². The summed E-state index contributed by atoms with van der Waals surface area (Å²) in [4.78, 5) is 89.4. The zero-order valence-electron chi connectivity index (χ0n) is 35.5. The molecule has 0 heterocycles. The minimum Gasteiger partial charge on any atom is -0.504 e. The number of aromatic carboxylic acids is 1. The van der Waals surface area contributed by atoms with Crippen molar-refractivity contribution >= 4 is 52.4 Å². The molecule has 0 bridgehead atoms. The molecule has 0 aliphatic carbocycles. The van der Waals surface area contributed by atoms with E-state index in [0.29, 0.717) is 16.7 Å². The Balaban J connectivity index is 1.22. The third-order valence-corrected chi connectivity index (χ3v) is 9.70. The summed E-state index contributed by atoms with van der Waals surface area (Å²) in [6.45, 7) is 6.93. The highest BCUT2D eigenvalue weighted by Crippen LogP contribution is 2.38. The number of benzene rings is 5. The Hall–Kier alpha value is -8.01. The molecule has 64 heavy (non-hydrogen) atoms. The molecule has 5 rings (SSSR count). The maximum absolute atomic E-state index is 13.5. The molecule has 0 spiro atoms. The predicted molar refractivity (Wildman–Crippen MR) is 236 cm³/mol. The van der Waals surface area contributed by atoms with E-state index in [-0.39, 0.29) is 81.8 Å². The first kappa shape index (κ1) is 47.0.